The van der Waals surface area contributed by atoms with E-state index in [1.54, 1.807) is 36.7 Å². The van der Waals surface area contributed by atoms with E-state index in [0.29, 0.717) is 23.5 Å². The number of ether oxygens (including phenoxy) is 1. The van der Waals surface area contributed by atoms with E-state index in [9.17, 15) is 9.59 Å². The number of amides is 2. The molecule has 0 radical (unpaired) electrons. The number of carbonyl (C=O) groups excluding carboxylic acids is 2. The van der Waals surface area contributed by atoms with Gasteiger partial charge in [-0.3, -0.25) is 14.6 Å². The standard InChI is InChI=1S/C24H25N3O3/c1-16-11-17(2)18(3)22(12-16)30-15-23(28)27-21-9-5-4-8-20(21)24(29)26-14-19-7-6-10-25-13-19/h4-13H,14-15H2,1-3H3,(H,26,29)(H,27,28). The molecule has 0 aliphatic heterocycles. The molecule has 6 nitrogen and oxygen atoms in total. The molecule has 3 rings (SSSR count). The first-order valence-electron chi connectivity index (χ1n) is 9.70. The van der Waals surface area contributed by atoms with Crippen LogP contribution < -0.4 is 15.4 Å². The van der Waals surface area contributed by atoms with Crippen LogP contribution in [0.3, 0.4) is 0 Å². The van der Waals surface area contributed by atoms with E-state index in [-0.39, 0.29) is 18.4 Å². The lowest BCUT2D eigenvalue weighted by atomic mass is 10.1. The maximum Gasteiger partial charge on any atom is 0.262 e. The van der Waals surface area contributed by atoms with Gasteiger partial charge in [0.25, 0.3) is 11.8 Å². The van der Waals surface area contributed by atoms with Gasteiger partial charge in [-0.1, -0.05) is 24.3 Å². The number of aromatic nitrogens is 1. The van der Waals surface area contributed by atoms with E-state index in [4.69, 9.17) is 4.74 Å². The summed E-state index contributed by atoms with van der Waals surface area (Å²) >= 11 is 0. The van der Waals surface area contributed by atoms with Crippen LogP contribution in [0.2, 0.25) is 0 Å². The quantitative estimate of drug-likeness (QED) is 0.626. The van der Waals surface area contributed by atoms with E-state index in [1.807, 2.05) is 39.0 Å². The molecule has 1 heterocycles. The highest BCUT2D eigenvalue weighted by atomic mass is 16.5. The fraction of sp³-hybridized carbons (Fsp3) is 0.208. The van der Waals surface area contributed by atoms with Gasteiger partial charge < -0.3 is 15.4 Å². The van der Waals surface area contributed by atoms with E-state index in [1.165, 1.54) is 0 Å². The van der Waals surface area contributed by atoms with Crippen LogP contribution in [-0.4, -0.2) is 23.4 Å². The van der Waals surface area contributed by atoms with Gasteiger partial charge in [0.1, 0.15) is 5.75 Å². The summed E-state index contributed by atoms with van der Waals surface area (Å²) in [5.74, 6) is 0.0760. The maximum absolute atomic E-state index is 12.6. The number of rotatable bonds is 7. The first kappa shape index (κ1) is 21.0. The molecule has 1 aromatic heterocycles. The van der Waals surface area contributed by atoms with Gasteiger partial charge in [0, 0.05) is 18.9 Å². The van der Waals surface area contributed by atoms with Gasteiger partial charge in [0.15, 0.2) is 6.61 Å². The van der Waals surface area contributed by atoms with Gasteiger partial charge in [0.2, 0.25) is 0 Å². The zero-order chi connectivity index (χ0) is 21.5. The summed E-state index contributed by atoms with van der Waals surface area (Å²) < 4.78 is 5.72. The molecule has 2 aromatic carbocycles. The van der Waals surface area contributed by atoms with E-state index in [2.05, 4.69) is 21.7 Å². The zero-order valence-corrected chi connectivity index (χ0v) is 17.4. The van der Waals surface area contributed by atoms with Crippen molar-refractivity contribution in [1.82, 2.24) is 10.3 Å². The molecule has 0 bridgehead atoms. The first-order valence-corrected chi connectivity index (χ1v) is 9.70. The van der Waals surface area contributed by atoms with Gasteiger partial charge in [-0.15, -0.1) is 0 Å². The molecule has 30 heavy (non-hydrogen) atoms. The van der Waals surface area contributed by atoms with Crippen molar-refractivity contribution in [3.8, 4) is 5.75 Å². The van der Waals surface area contributed by atoms with Crippen molar-refractivity contribution in [2.75, 3.05) is 11.9 Å². The average molecular weight is 403 g/mol. The predicted molar refractivity (Wildman–Crippen MR) is 117 cm³/mol. The largest absolute Gasteiger partial charge is 0.483 e. The summed E-state index contributed by atoms with van der Waals surface area (Å²) in [6.45, 7) is 6.17. The SMILES string of the molecule is Cc1cc(C)c(C)c(OCC(=O)Nc2ccccc2C(=O)NCc2cccnc2)c1. The summed E-state index contributed by atoms with van der Waals surface area (Å²) in [6.07, 6.45) is 3.37. The Morgan fingerprint density at radius 1 is 1.03 bits per heavy atom. The molecular weight excluding hydrogens is 378 g/mol. The van der Waals surface area contributed by atoms with Crippen molar-refractivity contribution in [3.63, 3.8) is 0 Å². The Hall–Kier alpha value is -3.67. The summed E-state index contributed by atoms with van der Waals surface area (Å²) in [4.78, 5) is 29.1. The van der Waals surface area contributed by atoms with Crippen molar-refractivity contribution in [3.05, 3.63) is 88.7 Å². The number of nitrogens with one attached hydrogen (secondary N) is 2. The van der Waals surface area contributed by atoms with Crippen molar-refractivity contribution in [1.29, 1.82) is 0 Å². The smallest absolute Gasteiger partial charge is 0.262 e. The van der Waals surface area contributed by atoms with Crippen LogP contribution in [0.25, 0.3) is 0 Å². The molecular formula is C24H25N3O3. The van der Waals surface area contributed by atoms with Crippen LogP contribution in [0.5, 0.6) is 5.75 Å². The lowest BCUT2D eigenvalue weighted by Gasteiger charge is -2.14. The van der Waals surface area contributed by atoms with Crippen molar-refractivity contribution >= 4 is 17.5 Å². The molecule has 0 spiro atoms. The summed E-state index contributed by atoms with van der Waals surface area (Å²) in [6, 6.07) is 14.6. The Labute approximate surface area is 176 Å². The number of pyridine rings is 1. The molecule has 3 aromatic rings. The van der Waals surface area contributed by atoms with Crippen molar-refractivity contribution in [2.45, 2.75) is 27.3 Å². The van der Waals surface area contributed by atoms with Crippen LogP contribution in [0.1, 0.15) is 32.6 Å². The number of para-hydroxylation sites is 1. The number of carbonyl (C=O) groups is 2. The third kappa shape index (κ3) is 5.44. The van der Waals surface area contributed by atoms with Gasteiger partial charge in [-0.05, 0) is 67.3 Å². The molecule has 0 saturated carbocycles. The molecule has 0 atom stereocenters. The predicted octanol–water partition coefficient (Wildman–Crippen LogP) is 3.95. The Balaban J connectivity index is 1.63. The van der Waals surface area contributed by atoms with Gasteiger partial charge in [-0.2, -0.15) is 0 Å². The molecule has 0 aliphatic rings. The number of aryl methyl sites for hydroxylation is 2. The Kier molecular flexibility index (Phi) is 6.80. The van der Waals surface area contributed by atoms with E-state index < -0.39 is 0 Å². The van der Waals surface area contributed by atoms with Crippen molar-refractivity contribution < 1.29 is 14.3 Å². The number of anilines is 1. The number of hydrogen-bond acceptors (Lipinski definition) is 4. The second-order valence-electron chi connectivity index (χ2n) is 7.13. The maximum atomic E-state index is 12.6. The van der Waals surface area contributed by atoms with Crippen molar-refractivity contribution in [2.24, 2.45) is 0 Å². The molecule has 0 aliphatic carbocycles. The zero-order valence-electron chi connectivity index (χ0n) is 17.4. The third-order valence-electron chi connectivity index (χ3n) is 4.74. The Bertz CT molecular complexity index is 1050. The second kappa shape index (κ2) is 9.69. The molecule has 6 heteroatoms. The minimum absolute atomic E-state index is 0.143. The minimum atomic E-state index is -0.332. The third-order valence-corrected chi connectivity index (χ3v) is 4.74. The molecule has 0 saturated heterocycles. The highest BCUT2D eigenvalue weighted by Gasteiger charge is 2.14. The van der Waals surface area contributed by atoms with Crippen LogP contribution in [-0.2, 0) is 11.3 Å². The summed E-state index contributed by atoms with van der Waals surface area (Å²) in [7, 11) is 0. The molecule has 0 fully saturated rings. The van der Waals surface area contributed by atoms with Gasteiger partial charge in [0.05, 0.1) is 11.3 Å². The van der Waals surface area contributed by atoms with E-state index in [0.717, 1.165) is 22.3 Å². The van der Waals surface area contributed by atoms with Crippen LogP contribution in [0.15, 0.2) is 60.9 Å². The fourth-order valence-electron chi connectivity index (χ4n) is 3.05. The molecule has 2 amide bonds. The minimum Gasteiger partial charge on any atom is -0.483 e. The fourth-order valence-corrected chi connectivity index (χ4v) is 3.05. The van der Waals surface area contributed by atoms with Crippen LogP contribution in [0, 0.1) is 20.8 Å². The van der Waals surface area contributed by atoms with E-state index >= 15 is 0 Å². The lowest BCUT2D eigenvalue weighted by molar-refractivity contribution is -0.118. The topological polar surface area (TPSA) is 80.3 Å². The Morgan fingerprint density at radius 3 is 2.60 bits per heavy atom. The van der Waals surface area contributed by atoms with Crippen LogP contribution in [0.4, 0.5) is 5.69 Å². The first-order chi connectivity index (χ1) is 14.4. The number of hydrogen-bond donors (Lipinski definition) is 2. The van der Waals surface area contributed by atoms with Crippen LogP contribution >= 0.6 is 0 Å². The van der Waals surface area contributed by atoms with Gasteiger partial charge in [-0.25, -0.2) is 0 Å². The molecule has 0 unspecified atom stereocenters. The highest BCUT2D eigenvalue weighted by Crippen LogP contribution is 2.23. The molecule has 154 valence electrons. The highest BCUT2D eigenvalue weighted by molar-refractivity contribution is 6.04. The molecule has 2 N–H and O–H groups in total. The number of benzene rings is 2. The average Bonchev–Trinajstić information content (AvgIpc) is 2.74. The second-order valence-corrected chi connectivity index (χ2v) is 7.13. The number of nitrogens with zero attached hydrogens (tertiary/aromatic N) is 1. The monoisotopic (exact) mass is 403 g/mol. The Morgan fingerprint density at radius 2 is 1.83 bits per heavy atom. The lowest BCUT2D eigenvalue weighted by Crippen LogP contribution is -2.26. The summed E-state index contributed by atoms with van der Waals surface area (Å²) in [5, 5.41) is 5.62. The summed E-state index contributed by atoms with van der Waals surface area (Å²) in [5.41, 5.74) is 4.91. The normalized spacial score (nSPS) is 10.4. The van der Waals surface area contributed by atoms with Gasteiger partial charge >= 0.3 is 0 Å².